The summed E-state index contributed by atoms with van der Waals surface area (Å²) in [4.78, 5) is 35.5. The van der Waals surface area contributed by atoms with Gasteiger partial charge >= 0.3 is 18.6 Å². The molecule has 0 aromatic heterocycles. The van der Waals surface area contributed by atoms with E-state index in [1.807, 2.05) is 0 Å². The number of rotatable bonds is 8. The minimum Gasteiger partial charge on any atom is -0.493 e. The molecule has 31 heavy (non-hydrogen) atoms. The number of nitrogens with one attached hydrogen (secondary N) is 2. The number of methoxy groups -OCH3 is 1. The van der Waals surface area contributed by atoms with Gasteiger partial charge in [-0.1, -0.05) is 25.8 Å². The topological polar surface area (TPSA) is 103 Å². The number of alkyl halides is 2. The monoisotopic (exact) mass is 440 g/mol. The van der Waals surface area contributed by atoms with E-state index in [0.29, 0.717) is 11.5 Å². The minimum absolute atomic E-state index is 0.0153. The summed E-state index contributed by atoms with van der Waals surface area (Å²) in [5.41, 5.74) is 0.459. The number of amides is 3. The third-order valence-corrected chi connectivity index (χ3v) is 4.84. The van der Waals surface area contributed by atoms with Gasteiger partial charge in [0.2, 0.25) is 0 Å². The van der Waals surface area contributed by atoms with Crippen molar-refractivity contribution < 1.29 is 37.4 Å². The van der Waals surface area contributed by atoms with Crippen LogP contribution in [0.3, 0.4) is 0 Å². The van der Waals surface area contributed by atoms with Crippen LogP contribution in [0.5, 0.6) is 11.5 Å². The SMILES string of the molecule is COc1cc(/C=C/C(=O)OCC(=O)NC(=O)N[C@@H]2CCCC[C@H]2C)ccc1OC(F)F. The Hall–Kier alpha value is -3.17. The van der Waals surface area contributed by atoms with E-state index in [9.17, 15) is 23.2 Å². The molecule has 0 radical (unpaired) electrons. The maximum absolute atomic E-state index is 12.3. The maximum Gasteiger partial charge on any atom is 0.387 e. The minimum atomic E-state index is -3.00. The molecule has 1 aromatic carbocycles. The first-order valence-corrected chi connectivity index (χ1v) is 9.86. The van der Waals surface area contributed by atoms with Crippen LogP contribution in [-0.4, -0.2) is 44.3 Å². The van der Waals surface area contributed by atoms with Crippen molar-refractivity contribution in [2.24, 2.45) is 5.92 Å². The molecule has 1 aromatic rings. The number of hydrogen-bond acceptors (Lipinski definition) is 6. The van der Waals surface area contributed by atoms with Gasteiger partial charge < -0.3 is 19.5 Å². The van der Waals surface area contributed by atoms with Crippen molar-refractivity contribution in [3.05, 3.63) is 29.8 Å². The highest BCUT2D eigenvalue weighted by atomic mass is 19.3. The number of halogens is 2. The zero-order valence-electron chi connectivity index (χ0n) is 17.4. The molecular weight excluding hydrogens is 414 g/mol. The highest BCUT2D eigenvalue weighted by Crippen LogP contribution is 2.29. The fourth-order valence-corrected chi connectivity index (χ4v) is 3.23. The second kappa shape index (κ2) is 11.9. The summed E-state index contributed by atoms with van der Waals surface area (Å²) >= 11 is 0. The molecule has 170 valence electrons. The third kappa shape index (κ3) is 8.23. The second-order valence-electron chi connectivity index (χ2n) is 7.12. The summed E-state index contributed by atoms with van der Waals surface area (Å²) in [5.74, 6) is -1.31. The lowest BCUT2D eigenvalue weighted by molar-refractivity contribution is -0.143. The van der Waals surface area contributed by atoms with E-state index in [-0.39, 0.29) is 17.5 Å². The zero-order valence-corrected chi connectivity index (χ0v) is 17.4. The Bertz CT molecular complexity index is 815. The van der Waals surface area contributed by atoms with Crippen LogP contribution in [0, 0.1) is 5.92 Å². The quantitative estimate of drug-likeness (QED) is 0.475. The fraction of sp³-hybridized carbons (Fsp3) is 0.476. The number of esters is 1. The molecule has 10 heteroatoms. The van der Waals surface area contributed by atoms with Crippen LogP contribution in [0.2, 0.25) is 0 Å². The number of hydrogen-bond donors (Lipinski definition) is 2. The van der Waals surface area contributed by atoms with Crippen LogP contribution in [0.4, 0.5) is 13.6 Å². The summed E-state index contributed by atoms with van der Waals surface area (Å²) in [6.07, 6.45) is 6.45. The van der Waals surface area contributed by atoms with Crippen molar-refractivity contribution in [1.29, 1.82) is 0 Å². The largest absolute Gasteiger partial charge is 0.493 e. The van der Waals surface area contributed by atoms with Gasteiger partial charge in [0, 0.05) is 12.1 Å². The molecule has 0 aliphatic heterocycles. The first kappa shape index (κ1) is 24.1. The molecule has 0 bridgehead atoms. The van der Waals surface area contributed by atoms with Gasteiger partial charge in [0.1, 0.15) is 0 Å². The van der Waals surface area contributed by atoms with Crippen LogP contribution >= 0.6 is 0 Å². The van der Waals surface area contributed by atoms with E-state index in [2.05, 4.69) is 22.3 Å². The highest BCUT2D eigenvalue weighted by molar-refractivity contribution is 5.96. The van der Waals surface area contributed by atoms with E-state index >= 15 is 0 Å². The molecule has 2 rings (SSSR count). The predicted octanol–water partition coefficient (Wildman–Crippen LogP) is 3.26. The normalized spacial score (nSPS) is 18.5. The third-order valence-electron chi connectivity index (χ3n) is 4.84. The molecule has 2 atom stereocenters. The van der Waals surface area contributed by atoms with Crippen molar-refractivity contribution in [2.75, 3.05) is 13.7 Å². The molecule has 1 aliphatic rings. The van der Waals surface area contributed by atoms with E-state index in [4.69, 9.17) is 9.47 Å². The smallest absolute Gasteiger partial charge is 0.387 e. The Labute approximate surface area is 178 Å². The Morgan fingerprint density at radius 3 is 2.61 bits per heavy atom. The van der Waals surface area contributed by atoms with E-state index in [1.165, 1.54) is 31.4 Å². The lowest BCUT2D eigenvalue weighted by Crippen LogP contribution is -2.48. The Balaban J connectivity index is 1.78. The standard InChI is InChI=1S/C21H26F2N2O6/c1-13-5-3-4-6-15(13)24-21(28)25-18(26)12-30-19(27)10-8-14-7-9-16(31-20(22)23)17(11-14)29-2/h7-11,13,15,20H,3-6,12H2,1-2H3,(H2,24,25,26,28)/b10-8+/t13-,15-/m1/s1. The molecule has 2 N–H and O–H groups in total. The van der Waals surface area contributed by atoms with Gasteiger partial charge in [-0.25, -0.2) is 9.59 Å². The van der Waals surface area contributed by atoms with Gasteiger partial charge in [-0.3, -0.25) is 10.1 Å². The Kier molecular flexibility index (Phi) is 9.23. The average molecular weight is 440 g/mol. The molecule has 0 heterocycles. The lowest BCUT2D eigenvalue weighted by atomic mass is 9.86. The highest BCUT2D eigenvalue weighted by Gasteiger charge is 2.23. The average Bonchev–Trinajstić information content (AvgIpc) is 2.72. The van der Waals surface area contributed by atoms with E-state index in [1.54, 1.807) is 0 Å². The fourth-order valence-electron chi connectivity index (χ4n) is 3.23. The van der Waals surface area contributed by atoms with Crippen molar-refractivity contribution in [2.45, 2.75) is 45.3 Å². The van der Waals surface area contributed by atoms with Gasteiger partial charge in [-0.2, -0.15) is 8.78 Å². The van der Waals surface area contributed by atoms with Gasteiger partial charge in [-0.05, 0) is 42.5 Å². The van der Waals surface area contributed by atoms with Gasteiger partial charge in [0.05, 0.1) is 7.11 Å². The molecule has 1 saturated carbocycles. The first-order valence-electron chi connectivity index (χ1n) is 9.86. The van der Waals surface area contributed by atoms with Crippen molar-refractivity contribution in [3.8, 4) is 11.5 Å². The second-order valence-corrected chi connectivity index (χ2v) is 7.12. The summed E-state index contributed by atoms with van der Waals surface area (Å²) in [5, 5.41) is 4.90. The van der Waals surface area contributed by atoms with Gasteiger partial charge in [0.25, 0.3) is 5.91 Å². The number of carbonyl (C=O) groups excluding carboxylic acids is 3. The van der Waals surface area contributed by atoms with Crippen LogP contribution < -0.4 is 20.1 Å². The summed E-state index contributed by atoms with van der Waals surface area (Å²) in [7, 11) is 1.29. The van der Waals surface area contributed by atoms with E-state index in [0.717, 1.165) is 31.8 Å². The summed E-state index contributed by atoms with van der Waals surface area (Å²) in [6, 6.07) is 3.50. The van der Waals surface area contributed by atoms with Crippen LogP contribution in [0.25, 0.3) is 6.08 Å². The molecule has 0 spiro atoms. The number of ether oxygens (including phenoxy) is 3. The first-order chi connectivity index (χ1) is 14.8. The molecule has 8 nitrogen and oxygen atoms in total. The van der Waals surface area contributed by atoms with Crippen LogP contribution in [0.15, 0.2) is 24.3 Å². The van der Waals surface area contributed by atoms with Crippen LogP contribution in [0.1, 0.15) is 38.2 Å². The van der Waals surface area contributed by atoms with Gasteiger partial charge in [-0.15, -0.1) is 0 Å². The Morgan fingerprint density at radius 2 is 1.94 bits per heavy atom. The number of imide groups is 1. The molecule has 3 amide bonds. The molecular formula is C21H26F2N2O6. The summed E-state index contributed by atoms with van der Waals surface area (Å²) < 4.78 is 38.8. The Morgan fingerprint density at radius 1 is 1.19 bits per heavy atom. The molecule has 1 fully saturated rings. The van der Waals surface area contributed by atoms with Crippen molar-refractivity contribution in [1.82, 2.24) is 10.6 Å². The predicted molar refractivity (Wildman–Crippen MR) is 108 cm³/mol. The number of carbonyl (C=O) groups is 3. The van der Waals surface area contributed by atoms with Gasteiger partial charge in [0.15, 0.2) is 18.1 Å². The van der Waals surface area contributed by atoms with Crippen molar-refractivity contribution in [3.63, 3.8) is 0 Å². The molecule has 0 saturated heterocycles. The zero-order chi connectivity index (χ0) is 22.8. The lowest BCUT2D eigenvalue weighted by Gasteiger charge is -2.29. The summed E-state index contributed by atoms with van der Waals surface area (Å²) in [6.45, 7) is -1.57. The molecule has 1 aliphatic carbocycles. The van der Waals surface area contributed by atoms with E-state index < -0.39 is 31.1 Å². The molecule has 0 unspecified atom stereocenters. The van der Waals surface area contributed by atoms with Crippen molar-refractivity contribution >= 4 is 24.0 Å². The van der Waals surface area contributed by atoms with Crippen LogP contribution in [-0.2, 0) is 14.3 Å². The number of urea groups is 1. The maximum atomic E-state index is 12.3. The number of benzene rings is 1.